The molecule has 1 aromatic heterocycles. The van der Waals surface area contributed by atoms with Crippen LogP contribution in [-0.4, -0.2) is 4.98 Å². The fourth-order valence-electron chi connectivity index (χ4n) is 1.93. The minimum atomic E-state index is -0.429. The third-order valence-corrected chi connectivity index (χ3v) is 3.37. The molecule has 20 heavy (non-hydrogen) atoms. The third-order valence-electron chi connectivity index (χ3n) is 2.87. The third kappa shape index (κ3) is 2.32. The van der Waals surface area contributed by atoms with Crippen LogP contribution in [0.1, 0.15) is 0 Å². The van der Waals surface area contributed by atoms with Gasteiger partial charge < -0.3 is 10.5 Å². The van der Waals surface area contributed by atoms with Gasteiger partial charge in [0.15, 0.2) is 11.6 Å². The maximum atomic E-state index is 13.7. The number of nitrogens with zero attached hydrogens (tertiary/aromatic N) is 1. The molecule has 2 aromatic carbocycles. The van der Waals surface area contributed by atoms with E-state index in [4.69, 9.17) is 10.5 Å². The zero-order valence-electron chi connectivity index (χ0n) is 10.3. The summed E-state index contributed by atoms with van der Waals surface area (Å²) in [5.74, 6) is 0.232. The normalized spacial score (nSPS) is 10.7. The molecule has 3 rings (SSSR count). The topological polar surface area (TPSA) is 48.1 Å². The van der Waals surface area contributed by atoms with Crippen LogP contribution in [0.25, 0.3) is 10.9 Å². The number of benzene rings is 2. The van der Waals surface area contributed by atoms with Crippen molar-refractivity contribution in [3.05, 3.63) is 59.0 Å². The van der Waals surface area contributed by atoms with Gasteiger partial charge in [0, 0.05) is 16.1 Å². The molecule has 0 aliphatic rings. The Balaban J connectivity index is 2.11. The highest BCUT2D eigenvalue weighted by Crippen LogP contribution is 2.33. The second-order valence-electron chi connectivity index (χ2n) is 4.23. The number of fused-ring (bicyclic) bond motifs is 1. The van der Waals surface area contributed by atoms with E-state index >= 15 is 0 Å². The fourth-order valence-corrected chi connectivity index (χ4v) is 2.27. The lowest BCUT2D eigenvalue weighted by molar-refractivity contribution is 0.446. The summed E-state index contributed by atoms with van der Waals surface area (Å²) in [6, 6.07) is 11.6. The Kier molecular flexibility index (Phi) is 3.28. The lowest BCUT2D eigenvalue weighted by Gasteiger charge is -2.10. The molecule has 3 nitrogen and oxygen atoms in total. The first-order chi connectivity index (χ1) is 9.65. The first kappa shape index (κ1) is 12.9. The molecule has 0 aliphatic heterocycles. The van der Waals surface area contributed by atoms with Crippen molar-refractivity contribution < 1.29 is 9.13 Å². The van der Waals surface area contributed by atoms with Crippen molar-refractivity contribution in [1.82, 2.24) is 4.98 Å². The molecule has 5 heteroatoms. The Morgan fingerprint density at radius 2 is 1.95 bits per heavy atom. The summed E-state index contributed by atoms with van der Waals surface area (Å²) in [4.78, 5) is 4.21. The Hall–Kier alpha value is -2.14. The van der Waals surface area contributed by atoms with E-state index in [0.717, 1.165) is 9.86 Å². The average molecular weight is 333 g/mol. The molecule has 2 N–H and O–H groups in total. The van der Waals surface area contributed by atoms with Crippen molar-refractivity contribution in [2.24, 2.45) is 0 Å². The molecular formula is C15H10BrFN2O. The van der Waals surface area contributed by atoms with Gasteiger partial charge in [-0.25, -0.2) is 4.39 Å². The molecule has 1 heterocycles. The molecule has 0 atom stereocenters. The van der Waals surface area contributed by atoms with Gasteiger partial charge in [-0.3, -0.25) is 4.98 Å². The summed E-state index contributed by atoms with van der Waals surface area (Å²) in [5, 5.41) is 0.742. The standard InChI is InChI=1S/C15H10BrFN2O/c16-9-3-4-11(17)14(8-9)20-13-6-5-12(18)15-10(13)2-1-7-19-15/h1-8H,18H2. The number of aromatic nitrogens is 1. The highest BCUT2D eigenvalue weighted by atomic mass is 79.9. The van der Waals surface area contributed by atoms with Crippen molar-refractivity contribution in [2.75, 3.05) is 5.73 Å². The quantitative estimate of drug-likeness (QED) is 0.702. The highest BCUT2D eigenvalue weighted by Gasteiger charge is 2.10. The van der Waals surface area contributed by atoms with E-state index in [0.29, 0.717) is 17.0 Å². The van der Waals surface area contributed by atoms with Crippen LogP contribution >= 0.6 is 15.9 Å². The van der Waals surface area contributed by atoms with Gasteiger partial charge in [0.05, 0.1) is 11.2 Å². The van der Waals surface area contributed by atoms with Gasteiger partial charge in [-0.05, 0) is 42.5 Å². The van der Waals surface area contributed by atoms with Gasteiger partial charge in [0.25, 0.3) is 0 Å². The van der Waals surface area contributed by atoms with E-state index in [1.807, 2.05) is 6.07 Å². The number of nitrogen functional groups attached to an aromatic ring is 1. The zero-order chi connectivity index (χ0) is 14.1. The number of hydrogen-bond acceptors (Lipinski definition) is 3. The van der Waals surface area contributed by atoms with Gasteiger partial charge in [-0.15, -0.1) is 0 Å². The van der Waals surface area contributed by atoms with Crippen LogP contribution in [0.3, 0.4) is 0 Å². The van der Waals surface area contributed by atoms with Gasteiger partial charge >= 0.3 is 0 Å². The first-order valence-corrected chi connectivity index (χ1v) is 6.70. The SMILES string of the molecule is Nc1ccc(Oc2cc(Br)ccc2F)c2cccnc12. The molecule has 0 unspecified atom stereocenters. The predicted molar refractivity (Wildman–Crippen MR) is 80.3 cm³/mol. The molecule has 0 fully saturated rings. The molecule has 0 saturated heterocycles. The molecule has 0 spiro atoms. The van der Waals surface area contributed by atoms with Crippen LogP contribution in [-0.2, 0) is 0 Å². The van der Waals surface area contributed by atoms with Crippen LogP contribution in [0.15, 0.2) is 53.1 Å². The lowest BCUT2D eigenvalue weighted by atomic mass is 10.1. The Morgan fingerprint density at radius 3 is 2.80 bits per heavy atom. The summed E-state index contributed by atoms with van der Waals surface area (Å²) in [7, 11) is 0. The zero-order valence-corrected chi connectivity index (χ0v) is 11.9. The molecule has 0 radical (unpaired) electrons. The summed E-state index contributed by atoms with van der Waals surface area (Å²) < 4.78 is 20.1. The minimum Gasteiger partial charge on any atom is -0.454 e. The Bertz CT molecular complexity index is 792. The van der Waals surface area contributed by atoms with E-state index < -0.39 is 5.82 Å². The average Bonchev–Trinajstić information content (AvgIpc) is 2.46. The molecule has 0 bridgehead atoms. The van der Waals surface area contributed by atoms with Crippen molar-refractivity contribution >= 4 is 32.5 Å². The second kappa shape index (κ2) is 5.09. The maximum Gasteiger partial charge on any atom is 0.165 e. The lowest BCUT2D eigenvalue weighted by Crippen LogP contribution is -1.93. The maximum absolute atomic E-state index is 13.7. The number of pyridine rings is 1. The van der Waals surface area contributed by atoms with E-state index in [1.54, 1.807) is 36.5 Å². The van der Waals surface area contributed by atoms with Crippen LogP contribution in [0.5, 0.6) is 11.5 Å². The Morgan fingerprint density at radius 1 is 1.10 bits per heavy atom. The van der Waals surface area contributed by atoms with E-state index in [-0.39, 0.29) is 5.75 Å². The first-order valence-electron chi connectivity index (χ1n) is 5.91. The molecule has 0 saturated carbocycles. The smallest absolute Gasteiger partial charge is 0.165 e. The number of hydrogen-bond donors (Lipinski definition) is 1. The van der Waals surface area contributed by atoms with E-state index in [9.17, 15) is 4.39 Å². The predicted octanol–water partition coefficient (Wildman–Crippen LogP) is 4.51. The van der Waals surface area contributed by atoms with Gasteiger partial charge in [-0.2, -0.15) is 0 Å². The van der Waals surface area contributed by atoms with Crippen molar-refractivity contribution in [2.45, 2.75) is 0 Å². The minimum absolute atomic E-state index is 0.147. The summed E-state index contributed by atoms with van der Waals surface area (Å²) in [6.45, 7) is 0. The van der Waals surface area contributed by atoms with E-state index in [2.05, 4.69) is 20.9 Å². The Labute approximate surface area is 123 Å². The number of nitrogens with two attached hydrogens (primary N) is 1. The van der Waals surface area contributed by atoms with Gasteiger partial charge in [-0.1, -0.05) is 15.9 Å². The molecular weight excluding hydrogens is 323 g/mol. The largest absolute Gasteiger partial charge is 0.454 e. The molecule has 3 aromatic rings. The van der Waals surface area contributed by atoms with Crippen molar-refractivity contribution in [3.63, 3.8) is 0 Å². The van der Waals surface area contributed by atoms with Gasteiger partial charge in [0.2, 0.25) is 0 Å². The van der Waals surface area contributed by atoms with Crippen LogP contribution in [0.4, 0.5) is 10.1 Å². The number of ether oxygens (including phenoxy) is 1. The molecule has 100 valence electrons. The summed E-state index contributed by atoms with van der Waals surface area (Å²) in [6.07, 6.45) is 1.65. The molecule has 0 amide bonds. The van der Waals surface area contributed by atoms with Gasteiger partial charge in [0.1, 0.15) is 5.75 Å². The van der Waals surface area contributed by atoms with Crippen LogP contribution in [0.2, 0.25) is 0 Å². The number of anilines is 1. The number of rotatable bonds is 2. The fraction of sp³-hybridized carbons (Fsp3) is 0. The highest BCUT2D eigenvalue weighted by molar-refractivity contribution is 9.10. The second-order valence-corrected chi connectivity index (χ2v) is 5.14. The summed E-state index contributed by atoms with van der Waals surface area (Å²) in [5.41, 5.74) is 7.07. The summed E-state index contributed by atoms with van der Waals surface area (Å²) >= 11 is 3.29. The monoisotopic (exact) mass is 332 g/mol. The van der Waals surface area contributed by atoms with Crippen molar-refractivity contribution in [1.29, 1.82) is 0 Å². The van der Waals surface area contributed by atoms with Crippen molar-refractivity contribution in [3.8, 4) is 11.5 Å². The van der Waals surface area contributed by atoms with Crippen LogP contribution in [0, 0.1) is 5.82 Å². The van der Waals surface area contributed by atoms with E-state index in [1.165, 1.54) is 6.07 Å². The van der Waals surface area contributed by atoms with Crippen LogP contribution < -0.4 is 10.5 Å². The molecule has 0 aliphatic carbocycles. The number of halogens is 2.